The molecule has 6 aromatic rings. The first-order valence-electron chi connectivity index (χ1n) is 21.1. The van der Waals surface area contributed by atoms with Gasteiger partial charge in [0.05, 0.1) is 45.2 Å². The molecule has 2 saturated heterocycles. The fraction of sp³-hybridized carbons (Fsp3) is 0.224. The van der Waals surface area contributed by atoms with Crippen LogP contribution in [-0.2, 0) is 19.2 Å². The average Bonchev–Trinajstić information content (AvgIpc) is 3.98. The Morgan fingerprint density at radius 3 is 1.92 bits per heavy atom. The van der Waals surface area contributed by atoms with Gasteiger partial charge in [0, 0.05) is 86.9 Å². The Labute approximate surface area is 376 Å². The van der Waals surface area contributed by atoms with Gasteiger partial charge in [-0.3, -0.25) is 33.6 Å². The average molecular weight is 893 g/mol. The number of H-pyrrole nitrogens is 2. The molecule has 66 heavy (non-hydrogen) atoms. The lowest BCUT2D eigenvalue weighted by molar-refractivity contribution is -0.129. The van der Waals surface area contributed by atoms with Crippen molar-refractivity contribution in [3.8, 4) is 17.2 Å². The molecule has 334 valence electrons. The lowest BCUT2D eigenvalue weighted by atomic mass is 9.90. The van der Waals surface area contributed by atoms with Crippen LogP contribution in [-0.4, -0.2) is 105 Å². The molecule has 0 saturated carbocycles. The molecule has 4 heterocycles. The van der Waals surface area contributed by atoms with Crippen LogP contribution in [0.1, 0.15) is 70.3 Å². The highest BCUT2D eigenvalue weighted by Crippen LogP contribution is 2.39. The zero-order valence-electron chi connectivity index (χ0n) is 36.0. The molecule has 2 aromatic heterocycles. The van der Waals surface area contributed by atoms with E-state index < -0.39 is 52.9 Å². The molecule has 15 nitrogen and oxygen atoms in total. The van der Waals surface area contributed by atoms with Crippen LogP contribution < -0.4 is 10.6 Å². The van der Waals surface area contributed by atoms with Crippen LogP contribution in [0.5, 0.6) is 0 Å². The molecule has 2 fully saturated rings. The number of hydrogen-bond acceptors (Lipinski definition) is 8. The number of benzene rings is 4. The Bertz CT molecular complexity index is 3090. The molecule has 1 unspecified atom stereocenters. The predicted molar refractivity (Wildman–Crippen MR) is 241 cm³/mol. The number of carbonyl (C=O) groups is 7. The highest BCUT2D eigenvalue weighted by Gasteiger charge is 2.35. The summed E-state index contributed by atoms with van der Waals surface area (Å²) >= 11 is 0. The van der Waals surface area contributed by atoms with Crippen molar-refractivity contribution in [2.45, 2.75) is 39.7 Å². The van der Waals surface area contributed by atoms with Crippen LogP contribution in [0.2, 0.25) is 0 Å². The zero-order valence-corrected chi connectivity index (χ0v) is 36.0. The van der Waals surface area contributed by atoms with Gasteiger partial charge in [-0.25, -0.2) is 8.78 Å². The first-order chi connectivity index (χ1) is 31.7. The first kappa shape index (κ1) is 44.4. The molecule has 2 aliphatic rings. The summed E-state index contributed by atoms with van der Waals surface area (Å²) in [4.78, 5) is 102. The Morgan fingerprint density at radius 2 is 1.30 bits per heavy atom. The summed E-state index contributed by atoms with van der Waals surface area (Å²) in [6, 6.07) is 20.9. The first-order valence-corrected chi connectivity index (χ1v) is 21.1. The Balaban J connectivity index is 0.959. The lowest BCUT2D eigenvalue weighted by Crippen LogP contribution is -2.52. The second kappa shape index (κ2) is 18.1. The molecule has 0 aliphatic carbocycles. The molecule has 5 amide bonds. The van der Waals surface area contributed by atoms with Crippen LogP contribution in [0.25, 0.3) is 38.5 Å². The van der Waals surface area contributed by atoms with Crippen molar-refractivity contribution in [2.24, 2.45) is 0 Å². The molecule has 1 atom stereocenters. The monoisotopic (exact) mass is 892 g/mol. The number of rotatable bonds is 9. The number of aromatic nitrogens is 2. The number of nitrogens with one attached hydrogen (secondary N) is 4. The smallest absolute Gasteiger partial charge is 0.295 e. The third kappa shape index (κ3) is 8.31. The molecular weight excluding hydrogens is 851 g/mol. The number of Topliss-reactive ketones (excluding diaryl/α,β-unsaturated/α-hetero) is 2. The molecule has 2 aliphatic heterocycles. The molecule has 0 radical (unpaired) electrons. The number of nitriles is 1. The molecule has 17 heteroatoms. The van der Waals surface area contributed by atoms with Gasteiger partial charge in [0.1, 0.15) is 11.6 Å². The normalized spacial score (nSPS) is 15.9. The third-order valence-electron chi connectivity index (χ3n) is 12.0. The number of carbonyl (C=O) groups excluding carboxylic acids is 7. The fourth-order valence-corrected chi connectivity index (χ4v) is 8.78. The Kier molecular flexibility index (Phi) is 12.2. The summed E-state index contributed by atoms with van der Waals surface area (Å²) in [6.45, 7) is 4.75. The number of anilines is 2. The number of halogens is 2. The van der Waals surface area contributed by atoms with Gasteiger partial charge >= 0.3 is 0 Å². The van der Waals surface area contributed by atoms with E-state index in [0.29, 0.717) is 24.0 Å². The van der Waals surface area contributed by atoms with Gasteiger partial charge in [0.15, 0.2) is 0 Å². The van der Waals surface area contributed by atoms with Crippen molar-refractivity contribution in [3.63, 3.8) is 0 Å². The van der Waals surface area contributed by atoms with E-state index in [0.717, 1.165) is 23.3 Å². The number of piperazine rings is 1. The number of nitrogens with zero attached hydrogens (tertiary/aromatic N) is 4. The summed E-state index contributed by atoms with van der Waals surface area (Å²) in [5.74, 6) is -6.44. The van der Waals surface area contributed by atoms with Gasteiger partial charge < -0.3 is 35.3 Å². The van der Waals surface area contributed by atoms with Crippen LogP contribution in [0.3, 0.4) is 0 Å². The molecular formula is C49H42F2N8O7. The maximum Gasteiger partial charge on any atom is 0.295 e. The van der Waals surface area contributed by atoms with Crippen molar-refractivity contribution >= 4 is 79.9 Å². The maximum atomic E-state index is 16.3. The lowest BCUT2D eigenvalue weighted by Gasteiger charge is -2.34. The van der Waals surface area contributed by atoms with E-state index in [1.165, 1.54) is 59.1 Å². The van der Waals surface area contributed by atoms with Crippen molar-refractivity contribution in [1.29, 1.82) is 5.26 Å². The largest absolute Gasteiger partial charge is 0.359 e. The van der Waals surface area contributed by atoms with Gasteiger partial charge in [0.2, 0.25) is 11.8 Å². The van der Waals surface area contributed by atoms with Gasteiger partial charge in [0.25, 0.3) is 29.3 Å². The number of allylic oxidation sites excluding steroid dienone is 1. The van der Waals surface area contributed by atoms with E-state index in [9.17, 15) is 43.2 Å². The summed E-state index contributed by atoms with van der Waals surface area (Å²) in [5.41, 5.74) is 3.33. The summed E-state index contributed by atoms with van der Waals surface area (Å²) in [6.07, 6.45) is 3.22. The second-order valence-corrected chi connectivity index (χ2v) is 16.2. The fourth-order valence-electron chi connectivity index (χ4n) is 8.78. The van der Waals surface area contributed by atoms with E-state index in [2.05, 4.69) is 26.7 Å². The standard InChI is InChI=1S/C49H42F2N8O7/c1-26-21-32(34(23-52)29-7-5-4-6-8-29)15-16-59(26)49(66)46(63)36-25-54-44-41(36)38(51)22-33(42(44)56-28(3)61)30-9-11-31(12-10-30)47(64)57-17-19-58(20-18-57)48(65)45(62)35-24-53-43-39(55-27(2)60)14-13-37(50)40(35)43/h4-14,22,24-26,53-54H,15-21H2,1-3H3,(H,55,60)(H,56,61)/b34-32-. The van der Waals surface area contributed by atoms with Crippen molar-refractivity contribution in [1.82, 2.24) is 24.7 Å². The van der Waals surface area contributed by atoms with Crippen LogP contribution in [0.15, 0.2) is 90.8 Å². The van der Waals surface area contributed by atoms with Crippen molar-refractivity contribution in [3.05, 3.63) is 125 Å². The summed E-state index contributed by atoms with van der Waals surface area (Å²) in [7, 11) is 0. The number of ketones is 2. The third-order valence-corrected chi connectivity index (χ3v) is 12.0. The minimum Gasteiger partial charge on any atom is -0.359 e. The van der Waals surface area contributed by atoms with Crippen LogP contribution in [0.4, 0.5) is 20.2 Å². The van der Waals surface area contributed by atoms with E-state index in [-0.39, 0.29) is 94.1 Å². The minimum absolute atomic E-state index is 0.0231. The molecule has 4 aromatic carbocycles. The number of aromatic amines is 2. The summed E-state index contributed by atoms with van der Waals surface area (Å²) in [5, 5.41) is 14.9. The SMILES string of the molecule is CC(=O)Nc1ccc(F)c2c(C(=O)C(=O)N3CCN(C(=O)c4ccc(-c5cc(F)c6c(C(=O)C(=O)N7CC/C(=C(\C#N)c8ccccc8)CC7C)c[nH]c6c5NC(C)=O)cc4)CC3)c[nH]c12. The second-order valence-electron chi connectivity index (χ2n) is 16.2. The van der Waals surface area contributed by atoms with Crippen molar-refractivity contribution in [2.75, 3.05) is 43.4 Å². The Hall–Kier alpha value is -8.26. The van der Waals surface area contributed by atoms with Crippen molar-refractivity contribution < 1.29 is 42.3 Å². The quantitative estimate of drug-likeness (QED) is 0.0684. The van der Waals surface area contributed by atoms with Gasteiger partial charge in [-0.1, -0.05) is 42.5 Å². The van der Waals surface area contributed by atoms with E-state index in [4.69, 9.17) is 0 Å². The van der Waals surface area contributed by atoms with Gasteiger partial charge in [-0.15, -0.1) is 0 Å². The Morgan fingerprint density at radius 1 is 0.697 bits per heavy atom. The summed E-state index contributed by atoms with van der Waals surface area (Å²) < 4.78 is 31.2. The number of likely N-dealkylation sites (tertiary alicyclic amines) is 1. The number of fused-ring (bicyclic) bond motifs is 2. The number of hydrogen-bond donors (Lipinski definition) is 4. The molecule has 4 N–H and O–H groups in total. The predicted octanol–water partition coefficient (Wildman–Crippen LogP) is 6.85. The van der Waals surface area contributed by atoms with E-state index in [1.54, 1.807) is 19.1 Å². The molecule has 8 rings (SSSR count). The highest BCUT2D eigenvalue weighted by atomic mass is 19.1. The molecule has 0 spiro atoms. The topological polar surface area (TPSA) is 209 Å². The maximum absolute atomic E-state index is 16.3. The van der Waals surface area contributed by atoms with E-state index in [1.807, 2.05) is 30.3 Å². The van der Waals surface area contributed by atoms with Gasteiger partial charge in [-0.2, -0.15) is 5.26 Å². The molecule has 0 bridgehead atoms. The van der Waals surface area contributed by atoms with E-state index >= 15 is 4.39 Å². The zero-order chi connectivity index (χ0) is 47.0. The van der Waals surface area contributed by atoms with Crippen LogP contribution >= 0.6 is 0 Å². The van der Waals surface area contributed by atoms with Gasteiger partial charge in [-0.05, 0) is 66.8 Å². The van der Waals surface area contributed by atoms with Crippen LogP contribution in [0, 0.1) is 23.0 Å². The highest BCUT2D eigenvalue weighted by molar-refractivity contribution is 6.46. The minimum atomic E-state index is -0.950. The number of piperidine rings is 1. The number of amides is 5.